The van der Waals surface area contributed by atoms with Crippen molar-refractivity contribution in [1.29, 1.82) is 0 Å². The fourth-order valence-corrected chi connectivity index (χ4v) is 12.1. The van der Waals surface area contributed by atoms with Gasteiger partial charge in [-0.15, -0.1) is 0 Å². The van der Waals surface area contributed by atoms with Crippen LogP contribution in [0.4, 0.5) is 0 Å². The number of carbonyl (C=O) groups excluding carboxylic acids is 12. The highest BCUT2D eigenvalue weighted by molar-refractivity contribution is 7.98. The van der Waals surface area contributed by atoms with Crippen molar-refractivity contribution >= 4 is 100 Å². The van der Waals surface area contributed by atoms with Gasteiger partial charge in [-0.3, -0.25) is 62.5 Å². The van der Waals surface area contributed by atoms with Crippen LogP contribution < -0.4 is 98.6 Å². The number of hydrogen-bond donors (Lipinski definition) is 19. The molecule has 0 aliphatic carbocycles. The number of aliphatic imine (C=N–C) groups is 1. The molecule has 0 unspecified atom stereocenters. The number of primary amides is 1. The van der Waals surface area contributed by atoms with Gasteiger partial charge in [0.1, 0.15) is 60.1 Å². The van der Waals surface area contributed by atoms with Crippen LogP contribution in [0.5, 0.6) is 5.75 Å². The van der Waals surface area contributed by atoms with Crippen molar-refractivity contribution in [1.82, 2.24) is 58.5 Å². The van der Waals surface area contributed by atoms with Crippen molar-refractivity contribution < 1.29 is 62.6 Å². The van der Waals surface area contributed by atoms with Crippen LogP contribution in [-0.2, 0) is 83.2 Å². The number of thioether (sulfide) groups is 2. The summed E-state index contributed by atoms with van der Waals surface area (Å²) in [5.41, 5.74) is 43.3. The Balaban J connectivity index is 1.57. The van der Waals surface area contributed by atoms with Gasteiger partial charge >= 0.3 is 0 Å². The van der Waals surface area contributed by atoms with E-state index in [0.717, 1.165) is 0 Å². The molecule has 0 spiro atoms. The highest BCUT2D eigenvalue weighted by atomic mass is 32.2. The van der Waals surface area contributed by atoms with Crippen molar-refractivity contribution in [2.45, 2.75) is 170 Å². The van der Waals surface area contributed by atoms with Crippen LogP contribution in [0.25, 0.3) is 0 Å². The molecule has 0 fully saturated rings. The maximum Gasteiger partial charge on any atom is 0.243 e. The van der Waals surface area contributed by atoms with Gasteiger partial charge in [-0.1, -0.05) is 103 Å². The standard InChI is InChI=1S/C74H111N19O13S2/c1-107-39-33-57(90-72(105)60(43-48-21-8-4-9-22-48)85-63(96)46-83-62(95)45-84-65(98)52(78)41-50-29-31-51(94)32-30-50)70(103)88-54(26-13-16-36-76)67(100)86-53(25-12-15-35-75)66(99)87-55(27-14-17-37-77)69(102)93-61(44-49-23-10-5-11-24-49)73(106)91-58(34-40-108-2)71(104)89-56(28-18-38-82-74(80)81)68(101)92-59(64(79)97)42-47-19-6-3-7-20-47/h3-11,19-24,29-32,52-61,94H,12-18,25-28,33-46,75-78H2,1-2H3,(H2,79,97)(H,83,95)(H,84,98)(H,85,96)(H,86,100)(H,87,99)(H,88,103)(H,89,104)(H,90,105)(H,91,106)(H,92,101)(H,93,102)(H4,80,81,82)/t52-,53-,54-,55-,56-,57-,58-,59-,60-,61-/m0/s1. The first-order chi connectivity index (χ1) is 51.9. The summed E-state index contributed by atoms with van der Waals surface area (Å²) in [6.07, 6.45) is 6.27. The number of guanidine groups is 1. The molecule has 0 heterocycles. The molecular formula is C74H111N19O13S2. The summed E-state index contributed by atoms with van der Waals surface area (Å²) in [5, 5.41) is 39.3. The van der Waals surface area contributed by atoms with Gasteiger partial charge in [0.05, 0.1) is 19.1 Å². The summed E-state index contributed by atoms with van der Waals surface area (Å²) in [4.78, 5) is 173. The number of nitrogens with one attached hydrogen (secondary N) is 11. The topological polar surface area (TPSA) is 552 Å². The predicted molar refractivity (Wildman–Crippen MR) is 417 cm³/mol. The number of nitrogens with two attached hydrogens (primary N) is 7. The van der Waals surface area contributed by atoms with E-state index in [2.05, 4.69) is 63.5 Å². The Labute approximate surface area is 639 Å². The summed E-state index contributed by atoms with van der Waals surface area (Å²) in [7, 11) is 0. The number of phenols is 1. The van der Waals surface area contributed by atoms with Gasteiger partial charge in [0.15, 0.2) is 5.96 Å². The van der Waals surface area contributed by atoms with Crippen molar-refractivity contribution in [2.24, 2.45) is 45.1 Å². The van der Waals surface area contributed by atoms with Crippen LogP contribution in [0.3, 0.4) is 0 Å². The second-order valence-electron chi connectivity index (χ2n) is 25.9. The summed E-state index contributed by atoms with van der Waals surface area (Å²) < 4.78 is 0. The number of benzene rings is 4. The first-order valence-electron chi connectivity index (χ1n) is 36.2. The SMILES string of the molecule is CSCC[C@H](NC(=O)[C@H](Cc1ccccc1)NC(=O)CNC(=O)CNC(=O)[C@@H](N)Cc1ccc(O)cc1)C(=O)N[C@@H](CCCCN)C(=O)N[C@@H](CCCCN)C(=O)N[C@@H](CCCCN)C(=O)N[C@@H](Cc1ccccc1)C(=O)N[C@@H](CCSC)C(=O)N[C@@H](CCCN=C(N)N)C(=O)N[C@@H](Cc1ccccc1)C(N)=O. The van der Waals surface area contributed by atoms with Crippen LogP contribution in [0.15, 0.2) is 120 Å². The molecule has 0 aromatic heterocycles. The third-order valence-electron chi connectivity index (χ3n) is 17.2. The molecule has 108 heavy (non-hydrogen) atoms. The fourth-order valence-electron chi connectivity index (χ4n) is 11.2. The molecule has 4 rings (SSSR count). The number of carbonyl (C=O) groups is 12. The minimum Gasteiger partial charge on any atom is -0.508 e. The van der Waals surface area contributed by atoms with E-state index in [4.69, 9.17) is 40.1 Å². The average molecular weight is 1540 g/mol. The quantitative estimate of drug-likeness (QED) is 0.0129. The van der Waals surface area contributed by atoms with Gasteiger partial charge in [0.25, 0.3) is 0 Å². The third kappa shape index (κ3) is 35.7. The first kappa shape index (κ1) is 90.5. The highest BCUT2D eigenvalue weighted by Crippen LogP contribution is 2.16. The number of nitrogens with zero attached hydrogens (tertiary/aromatic N) is 1. The third-order valence-corrected chi connectivity index (χ3v) is 18.5. The molecule has 12 amide bonds. The predicted octanol–water partition coefficient (Wildman–Crippen LogP) is -1.98. The molecular weight excluding hydrogens is 1430 g/mol. The van der Waals surface area contributed by atoms with Crippen molar-refractivity contribution in [3.8, 4) is 5.75 Å². The lowest BCUT2D eigenvalue weighted by Crippen LogP contribution is -2.61. The van der Waals surface area contributed by atoms with Gasteiger partial charge in [0, 0.05) is 25.8 Å². The largest absolute Gasteiger partial charge is 0.508 e. The summed E-state index contributed by atoms with van der Waals surface area (Å²) in [6, 6.07) is 19.7. The zero-order valence-electron chi connectivity index (χ0n) is 61.6. The van der Waals surface area contributed by atoms with Gasteiger partial charge in [-0.2, -0.15) is 23.5 Å². The van der Waals surface area contributed by atoms with Crippen molar-refractivity contribution in [3.63, 3.8) is 0 Å². The smallest absolute Gasteiger partial charge is 0.243 e. The van der Waals surface area contributed by atoms with E-state index in [1.54, 1.807) is 116 Å². The Morgan fingerprint density at radius 3 is 1.04 bits per heavy atom. The van der Waals surface area contributed by atoms with Crippen molar-refractivity contribution in [3.05, 3.63) is 138 Å². The Morgan fingerprint density at radius 1 is 0.361 bits per heavy atom. The summed E-state index contributed by atoms with van der Waals surface area (Å²) in [6.45, 7) is -0.339. The lowest BCUT2D eigenvalue weighted by atomic mass is 10.0. The van der Waals surface area contributed by atoms with Gasteiger partial charge in [0.2, 0.25) is 70.9 Å². The van der Waals surface area contributed by atoms with E-state index in [9.17, 15) is 62.6 Å². The normalized spacial score (nSPS) is 13.8. The molecule has 0 saturated heterocycles. The fraction of sp³-hybridized carbons (Fsp3) is 0.500. The molecule has 0 aliphatic rings. The van der Waals surface area contributed by atoms with E-state index in [1.807, 2.05) is 0 Å². The van der Waals surface area contributed by atoms with Crippen molar-refractivity contribution in [2.75, 3.05) is 63.3 Å². The molecule has 32 nitrogen and oxygen atoms in total. The second-order valence-corrected chi connectivity index (χ2v) is 27.9. The molecule has 4 aromatic rings. The van der Waals surface area contributed by atoms with E-state index in [0.29, 0.717) is 72.3 Å². The number of aromatic hydroxyl groups is 1. The lowest BCUT2D eigenvalue weighted by Gasteiger charge is -2.28. The monoisotopic (exact) mass is 1540 g/mol. The van der Waals surface area contributed by atoms with Crippen LogP contribution in [0.2, 0.25) is 0 Å². The van der Waals surface area contributed by atoms with E-state index in [1.165, 1.54) is 35.7 Å². The molecule has 26 N–H and O–H groups in total. The molecule has 0 radical (unpaired) electrons. The maximum atomic E-state index is 14.9. The summed E-state index contributed by atoms with van der Waals surface area (Å²) in [5.74, 6) is -8.61. The summed E-state index contributed by atoms with van der Waals surface area (Å²) >= 11 is 2.76. The van der Waals surface area contributed by atoms with Gasteiger partial charge < -0.3 is 104 Å². The average Bonchev–Trinajstić information content (AvgIpc) is 0.865. The molecule has 0 aliphatic heterocycles. The van der Waals surface area contributed by atoms with Gasteiger partial charge in [-0.05, 0) is 168 Å². The number of hydrogen-bond acceptors (Lipinski definition) is 20. The van der Waals surface area contributed by atoms with E-state index >= 15 is 0 Å². The van der Waals surface area contributed by atoms with E-state index in [-0.39, 0.29) is 109 Å². The highest BCUT2D eigenvalue weighted by Gasteiger charge is 2.36. The Hall–Kier alpha value is -9.87. The maximum absolute atomic E-state index is 14.9. The zero-order valence-corrected chi connectivity index (χ0v) is 63.2. The van der Waals surface area contributed by atoms with Crippen LogP contribution in [0.1, 0.15) is 106 Å². The van der Waals surface area contributed by atoms with E-state index < -0.39 is 144 Å². The minimum absolute atomic E-state index is 0.00608. The Bertz CT molecular complexity index is 3500. The lowest BCUT2D eigenvalue weighted by molar-refractivity contribution is -0.136. The van der Waals surface area contributed by atoms with Crippen LogP contribution >= 0.6 is 23.5 Å². The minimum atomic E-state index is -1.38. The number of phenolic OH excluding ortho intramolecular Hbond substituents is 1. The molecule has 10 atom stereocenters. The Kier molecular flexibility index (Phi) is 43.1. The van der Waals surface area contributed by atoms with Gasteiger partial charge in [-0.25, -0.2) is 0 Å². The van der Waals surface area contributed by atoms with Crippen LogP contribution in [-0.4, -0.2) is 206 Å². The number of rotatable bonds is 53. The number of unbranched alkanes of at least 4 members (excludes halogenated alkanes) is 3. The molecule has 0 bridgehead atoms. The molecule has 34 heteroatoms. The second kappa shape index (κ2) is 51.4. The molecule has 4 aromatic carbocycles. The Morgan fingerprint density at radius 2 is 0.676 bits per heavy atom. The molecule has 592 valence electrons. The zero-order chi connectivity index (χ0) is 79.2. The first-order valence-corrected chi connectivity index (χ1v) is 39.0. The van der Waals surface area contributed by atoms with Crippen LogP contribution in [0, 0.1) is 0 Å². The molecule has 0 saturated carbocycles. The number of amides is 12.